The van der Waals surface area contributed by atoms with E-state index in [2.05, 4.69) is 52.7 Å². The Hall–Kier alpha value is -6.30. The molecule has 0 aliphatic heterocycles. The van der Waals surface area contributed by atoms with Crippen molar-refractivity contribution in [1.29, 1.82) is 0 Å². The molecule has 0 spiro atoms. The Bertz CT molecular complexity index is 2640. The lowest BCUT2D eigenvalue weighted by Crippen LogP contribution is -2.34. The third-order valence-corrected chi connectivity index (χ3v) is 9.97. The molecule has 0 amide bonds. The van der Waals surface area contributed by atoms with Crippen molar-refractivity contribution in [1.82, 2.24) is 34.1 Å². The van der Waals surface area contributed by atoms with E-state index in [9.17, 15) is 10.4 Å². The normalized spacial score (nSPS) is 11.1. The number of fused-ring (bicyclic) bond motifs is 2. The van der Waals surface area contributed by atoms with E-state index < -0.39 is 0 Å². The Kier molecular flexibility index (Phi) is 12.6. The molecule has 0 bridgehead atoms. The maximum Gasteiger partial charge on any atom is 0.416 e. The minimum Gasteiger partial charge on any atom is -0.445 e. The van der Waals surface area contributed by atoms with Gasteiger partial charge in [0.25, 0.3) is 0 Å². The molecule has 58 heavy (non-hydrogen) atoms. The number of nitrogens with zero attached hydrogens (tertiary/aromatic N) is 9. The summed E-state index contributed by atoms with van der Waals surface area (Å²) in [5.41, 5.74) is 6.96. The molecule has 0 saturated carbocycles. The second-order valence-corrected chi connectivity index (χ2v) is 15.0. The van der Waals surface area contributed by atoms with Crippen LogP contribution in [-0.2, 0) is 13.1 Å². The summed E-state index contributed by atoms with van der Waals surface area (Å²) >= 11 is 7.03. The molecule has 2 aromatic carbocycles. The minimum absolute atomic E-state index is 0.368. The van der Waals surface area contributed by atoms with Gasteiger partial charge in [-0.25, -0.2) is 9.97 Å². The van der Waals surface area contributed by atoms with Crippen LogP contribution in [0.1, 0.15) is 11.1 Å². The SMILES string of the molecule is CN(C)CCOc1ccc(CNc2cc(-c3ccccc3)nc3c(Br)cnn23)c[n+]1O.COc1ccc(CNc2cc(-c3ccccc3)nc3c(Br)cnn23)c[n+]1O. The number of benzene rings is 2. The maximum absolute atomic E-state index is 10.2. The summed E-state index contributed by atoms with van der Waals surface area (Å²) in [5, 5.41) is 35.7. The minimum atomic E-state index is 0.368. The van der Waals surface area contributed by atoms with E-state index in [0.717, 1.165) is 81.5 Å². The van der Waals surface area contributed by atoms with E-state index in [-0.39, 0.29) is 0 Å². The first-order valence-electron chi connectivity index (χ1n) is 18.1. The first-order valence-corrected chi connectivity index (χ1v) is 19.7. The van der Waals surface area contributed by atoms with E-state index in [1.807, 2.05) is 104 Å². The highest BCUT2D eigenvalue weighted by Crippen LogP contribution is 2.28. The molecule has 0 fully saturated rings. The molecule has 6 aromatic heterocycles. The summed E-state index contributed by atoms with van der Waals surface area (Å²) in [6, 6.07) is 31.2. The van der Waals surface area contributed by atoms with Gasteiger partial charge in [0.05, 0.1) is 52.0 Å². The molecular weight excluding hydrogens is 870 g/mol. The molecule has 17 heteroatoms. The number of anilines is 2. The Morgan fingerprint density at radius 3 is 1.57 bits per heavy atom. The summed E-state index contributed by atoms with van der Waals surface area (Å²) in [6.07, 6.45) is 6.68. The fourth-order valence-electron chi connectivity index (χ4n) is 5.88. The van der Waals surface area contributed by atoms with Crippen LogP contribution in [0.5, 0.6) is 11.8 Å². The quantitative estimate of drug-likeness (QED) is 0.0737. The van der Waals surface area contributed by atoms with E-state index in [1.165, 1.54) is 7.11 Å². The second kappa shape index (κ2) is 18.3. The molecule has 0 saturated heterocycles. The fourth-order valence-corrected chi connectivity index (χ4v) is 6.57. The Morgan fingerprint density at radius 2 is 1.14 bits per heavy atom. The van der Waals surface area contributed by atoms with Crippen LogP contribution in [0, 0.1) is 0 Å². The van der Waals surface area contributed by atoms with Gasteiger partial charge in [-0.2, -0.15) is 19.2 Å². The number of methoxy groups -OCH3 is 1. The van der Waals surface area contributed by atoms with Gasteiger partial charge in [-0.1, -0.05) is 60.7 Å². The number of aromatic nitrogens is 8. The lowest BCUT2D eigenvalue weighted by molar-refractivity contribution is -0.906. The molecule has 0 aliphatic rings. The van der Waals surface area contributed by atoms with Crippen molar-refractivity contribution in [2.24, 2.45) is 0 Å². The van der Waals surface area contributed by atoms with Crippen molar-refractivity contribution in [3.63, 3.8) is 0 Å². The highest BCUT2D eigenvalue weighted by atomic mass is 79.9. The van der Waals surface area contributed by atoms with E-state index >= 15 is 0 Å². The van der Waals surface area contributed by atoms with E-state index in [1.54, 1.807) is 46.0 Å². The Morgan fingerprint density at radius 1 is 0.672 bits per heavy atom. The van der Waals surface area contributed by atoms with Crippen LogP contribution in [0.3, 0.4) is 0 Å². The van der Waals surface area contributed by atoms with Gasteiger partial charge in [-0.3, -0.25) is 10.4 Å². The molecule has 0 aliphatic carbocycles. The van der Waals surface area contributed by atoms with E-state index in [0.29, 0.717) is 31.5 Å². The molecule has 0 radical (unpaired) electrons. The summed E-state index contributed by atoms with van der Waals surface area (Å²) in [5.74, 6) is 2.36. The molecule has 8 rings (SSSR count). The Labute approximate surface area is 351 Å². The molecule has 296 valence electrons. The van der Waals surface area contributed by atoms with Gasteiger partial charge < -0.3 is 25.0 Å². The van der Waals surface area contributed by atoms with Crippen LogP contribution >= 0.6 is 31.9 Å². The molecule has 8 aromatic rings. The lowest BCUT2D eigenvalue weighted by atomic mass is 10.1. The first-order chi connectivity index (χ1) is 28.2. The van der Waals surface area contributed by atoms with Crippen molar-refractivity contribution >= 4 is 54.8 Å². The second-order valence-electron chi connectivity index (χ2n) is 13.2. The number of nitrogens with one attached hydrogen (secondary N) is 2. The number of rotatable bonds is 13. The van der Waals surface area contributed by atoms with Crippen molar-refractivity contribution in [2.45, 2.75) is 13.1 Å². The summed E-state index contributed by atoms with van der Waals surface area (Å²) in [6.45, 7) is 2.25. The van der Waals surface area contributed by atoms with Crippen molar-refractivity contribution in [2.75, 3.05) is 45.0 Å². The molecule has 0 atom stereocenters. The maximum atomic E-state index is 10.2. The zero-order valence-corrected chi connectivity index (χ0v) is 35.0. The third-order valence-electron chi connectivity index (χ3n) is 8.85. The highest BCUT2D eigenvalue weighted by molar-refractivity contribution is 9.11. The monoisotopic (exact) mass is 909 g/mol. The summed E-state index contributed by atoms with van der Waals surface area (Å²) in [4.78, 5) is 11.5. The van der Waals surface area contributed by atoms with Gasteiger partial charge in [-0.05, 0) is 58.1 Å². The number of halogens is 2. The predicted molar refractivity (Wildman–Crippen MR) is 225 cm³/mol. The highest BCUT2D eigenvalue weighted by Gasteiger charge is 2.17. The van der Waals surface area contributed by atoms with Gasteiger partial charge in [0.2, 0.25) is 12.4 Å². The van der Waals surface area contributed by atoms with Gasteiger partial charge in [0, 0.05) is 63.5 Å². The first kappa shape index (κ1) is 39.9. The van der Waals surface area contributed by atoms with Crippen LogP contribution in [0.15, 0.2) is 131 Å². The van der Waals surface area contributed by atoms with Crippen LogP contribution in [0.25, 0.3) is 33.8 Å². The average Bonchev–Trinajstić information content (AvgIpc) is 3.82. The van der Waals surface area contributed by atoms with Crippen LogP contribution in [0.4, 0.5) is 11.6 Å². The molecule has 6 heterocycles. The number of ether oxygens (including phenoxy) is 2. The zero-order valence-electron chi connectivity index (χ0n) is 31.9. The molecule has 15 nitrogen and oxygen atoms in total. The molecule has 4 N–H and O–H groups in total. The van der Waals surface area contributed by atoms with Gasteiger partial charge >= 0.3 is 11.8 Å². The van der Waals surface area contributed by atoms with Gasteiger partial charge in [0.15, 0.2) is 11.3 Å². The van der Waals surface area contributed by atoms with Crippen LogP contribution in [-0.4, -0.2) is 78.9 Å². The van der Waals surface area contributed by atoms with Crippen LogP contribution in [0.2, 0.25) is 0 Å². The number of pyridine rings is 2. The smallest absolute Gasteiger partial charge is 0.416 e. The van der Waals surface area contributed by atoms with Crippen LogP contribution < -0.4 is 29.6 Å². The summed E-state index contributed by atoms with van der Waals surface area (Å²) < 4.78 is 17.8. The average molecular weight is 912 g/mol. The topological polar surface area (TPSA) is 154 Å². The van der Waals surface area contributed by atoms with Gasteiger partial charge in [-0.15, -0.1) is 0 Å². The number of hydrogen-bond donors (Lipinski definition) is 4. The predicted octanol–water partition coefficient (Wildman–Crippen LogP) is 6.54. The van der Waals surface area contributed by atoms with Crippen molar-refractivity contribution < 1.29 is 29.3 Å². The fraction of sp³-hybridized carbons (Fsp3) is 0.171. The van der Waals surface area contributed by atoms with Crippen molar-refractivity contribution in [3.05, 3.63) is 142 Å². The number of hydrogen-bond acceptors (Lipinski definition) is 11. The lowest BCUT2D eigenvalue weighted by Gasteiger charge is -2.11. The van der Waals surface area contributed by atoms with Gasteiger partial charge in [0.1, 0.15) is 18.2 Å². The number of likely N-dealkylation sites (N-methyl/N-ethyl adjacent to an activating group) is 1. The zero-order chi connectivity index (χ0) is 40.6. The molecule has 0 unspecified atom stereocenters. The standard InChI is InChI=1S/C22H24BrN6O2.C19H17BrN5O2/c1-27(2)10-11-31-21-9-8-16(15-28(21)30)13-24-20-12-19(17-6-4-3-5-7-17)26-22-18(23)14-25-29(20)22;1-27-18-8-7-13(12-24(18)26)10-21-17-9-16(14-5-3-2-4-6-14)23-19-15(20)11-22-25(17)19/h3-9,12,14-15,24,30H,10-11,13H2,1-2H3;2-9,11-12,21,26H,10H2,1H3/q2*+1. The Balaban J connectivity index is 0.000000178. The third kappa shape index (κ3) is 9.45. The molecular formula is C41H41Br2N11O4+2. The van der Waals surface area contributed by atoms with E-state index in [4.69, 9.17) is 19.4 Å². The largest absolute Gasteiger partial charge is 0.445 e. The van der Waals surface area contributed by atoms with Crippen molar-refractivity contribution in [3.8, 4) is 34.3 Å². The summed E-state index contributed by atoms with van der Waals surface area (Å²) in [7, 11) is 5.46.